The summed E-state index contributed by atoms with van der Waals surface area (Å²) in [6.45, 7) is 2.72. The van der Waals surface area contributed by atoms with Gasteiger partial charge in [-0.3, -0.25) is 18.6 Å². The lowest BCUT2D eigenvalue weighted by atomic mass is 9.82. The second-order valence-corrected chi connectivity index (χ2v) is 19.3. The van der Waals surface area contributed by atoms with Crippen molar-refractivity contribution in [2.24, 2.45) is 11.8 Å². The number of carbonyl (C=O) groups excluding carboxylic acids is 2. The summed E-state index contributed by atoms with van der Waals surface area (Å²) in [5, 5.41) is 90.1. The molecule has 390 valence electrons. The van der Waals surface area contributed by atoms with Crippen molar-refractivity contribution < 1.29 is 78.4 Å². The van der Waals surface area contributed by atoms with Crippen molar-refractivity contribution in [2.75, 3.05) is 13.2 Å². The van der Waals surface area contributed by atoms with E-state index >= 15 is 0 Å². The summed E-state index contributed by atoms with van der Waals surface area (Å²) >= 11 is 0. The number of aliphatic hydroxyl groups is 8. The van der Waals surface area contributed by atoms with Gasteiger partial charge in [-0.1, -0.05) is 132 Å². The summed E-state index contributed by atoms with van der Waals surface area (Å²) in [7, 11) is -5.44. The van der Waals surface area contributed by atoms with Crippen molar-refractivity contribution in [1.29, 1.82) is 0 Å². The molecule has 16 nitrogen and oxygen atoms in total. The third kappa shape index (κ3) is 25.9. The van der Waals surface area contributed by atoms with E-state index in [1.54, 1.807) is 0 Å². The molecule has 2 fully saturated rings. The number of hydrogen-bond donors (Lipinski definition) is 9. The summed E-state index contributed by atoms with van der Waals surface area (Å²) in [6, 6.07) is 0. The molecule has 1 heterocycles. The Morgan fingerprint density at radius 3 is 2.00 bits per heavy atom. The second kappa shape index (κ2) is 36.1. The molecule has 0 aromatic carbocycles. The third-order valence-corrected chi connectivity index (χ3v) is 13.1. The average molecular weight is 985 g/mol. The quantitative estimate of drug-likeness (QED) is 0.0224. The molecule has 13 atom stereocenters. The number of aliphatic hydroxyl groups excluding tert-OH is 8. The Morgan fingerprint density at radius 2 is 1.35 bits per heavy atom. The van der Waals surface area contributed by atoms with Crippen LogP contribution in [0, 0.1) is 11.8 Å². The number of cyclic esters (lactones) is 1. The molecule has 0 aromatic rings. The van der Waals surface area contributed by atoms with E-state index in [2.05, 4.69) is 67.7 Å². The fourth-order valence-electron chi connectivity index (χ4n) is 8.05. The van der Waals surface area contributed by atoms with Crippen molar-refractivity contribution in [2.45, 2.75) is 210 Å². The molecule has 0 radical (unpaired) electrons. The van der Waals surface area contributed by atoms with Crippen molar-refractivity contribution in [3.63, 3.8) is 0 Å². The number of hydrogen-bond acceptors (Lipinski definition) is 15. The number of allylic oxidation sites excluding steroid dienone is 10. The van der Waals surface area contributed by atoms with Crippen LogP contribution in [0.4, 0.5) is 0 Å². The van der Waals surface area contributed by atoms with E-state index in [4.69, 9.17) is 18.5 Å². The Bertz CT molecular complexity index is 1600. The minimum Gasteiger partial charge on any atom is -0.462 e. The summed E-state index contributed by atoms with van der Waals surface area (Å²) in [6.07, 6.45) is 16.9. The van der Waals surface area contributed by atoms with E-state index < -0.39 is 112 Å². The van der Waals surface area contributed by atoms with E-state index in [0.29, 0.717) is 44.9 Å². The van der Waals surface area contributed by atoms with Crippen LogP contribution < -0.4 is 0 Å². The molecule has 68 heavy (non-hydrogen) atoms. The number of phosphoric acid groups is 1. The Kier molecular flexibility index (Phi) is 32.6. The van der Waals surface area contributed by atoms with E-state index in [-0.39, 0.29) is 19.3 Å². The van der Waals surface area contributed by atoms with E-state index in [0.717, 1.165) is 64.2 Å². The first-order chi connectivity index (χ1) is 32.6. The molecule has 1 aliphatic heterocycles. The first-order valence-electron chi connectivity index (χ1n) is 25.0. The fraction of sp³-hybridized carbons (Fsp3) is 0.725. The highest BCUT2D eigenvalue weighted by Gasteiger charge is 2.49. The van der Waals surface area contributed by atoms with Gasteiger partial charge < -0.3 is 55.2 Å². The van der Waals surface area contributed by atoms with Crippen LogP contribution in [0.2, 0.25) is 0 Å². The number of unbranched alkanes of at least 4 members (excludes halogenated alkanes) is 5. The SMILES string of the molecule is CC/C=C\C/C=C\C/C=C\C/C=C\C/C=C\CCCCCC(=O)OC[C@@H]1COP(=O)(O)O[C@H]2[C@H](O)[C@@H](O)[C@H](O)[C@@H](CCCCCCC(=O)O1)[C@@H](O)C[C@@H](O)[C@H](/C=C/[C@@H](O)CCCCC)[C@@H](O)[C@H]2O. The summed E-state index contributed by atoms with van der Waals surface area (Å²) in [5.41, 5.74) is 0. The Labute approximate surface area is 404 Å². The van der Waals surface area contributed by atoms with Crippen LogP contribution in [0.5, 0.6) is 0 Å². The highest BCUT2D eigenvalue weighted by atomic mass is 31.2. The summed E-state index contributed by atoms with van der Waals surface area (Å²) in [5.74, 6) is -3.92. The van der Waals surface area contributed by atoms with Crippen LogP contribution in [-0.2, 0) is 32.7 Å². The van der Waals surface area contributed by atoms with Gasteiger partial charge in [-0.15, -0.1) is 0 Å². The van der Waals surface area contributed by atoms with Gasteiger partial charge in [0, 0.05) is 31.1 Å². The van der Waals surface area contributed by atoms with Crippen LogP contribution in [0.25, 0.3) is 0 Å². The van der Waals surface area contributed by atoms with Gasteiger partial charge in [0.1, 0.15) is 31.0 Å². The number of fused-ring (bicyclic) bond motifs is 4. The number of ether oxygens (including phenoxy) is 2. The van der Waals surface area contributed by atoms with Crippen LogP contribution in [0.3, 0.4) is 0 Å². The molecule has 2 rings (SSSR count). The first-order valence-corrected chi connectivity index (χ1v) is 26.5. The van der Waals surface area contributed by atoms with E-state index in [1.165, 1.54) is 12.2 Å². The Hall–Kier alpha value is -2.83. The summed E-state index contributed by atoms with van der Waals surface area (Å²) < 4.78 is 34.7. The largest absolute Gasteiger partial charge is 0.472 e. The van der Waals surface area contributed by atoms with Gasteiger partial charge in [0.2, 0.25) is 0 Å². The molecule has 9 N–H and O–H groups in total. The molecular formula is C51H85O16P. The fourth-order valence-corrected chi connectivity index (χ4v) is 9.03. The smallest absolute Gasteiger partial charge is 0.462 e. The van der Waals surface area contributed by atoms with Gasteiger partial charge in [-0.2, -0.15) is 0 Å². The van der Waals surface area contributed by atoms with Crippen molar-refractivity contribution in [3.8, 4) is 0 Å². The maximum Gasteiger partial charge on any atom is 0.472 e. The highest BCUT2D eigenvalue weighted by Crippen LogP contribution is 2.47. The zero-order chi connectivity index (χ0) is 50.2. The molecule has 1 saturated heterocycles. The van der Waals surface area contributed by atoms with Gasteiger partial charge in [-0.25, -0.2) is 4.57 Å². The van der Waals surface area contributed by atoms with Gasteiger partial charge >= 0.3 is 19.8 Å². The zero-order valence-electron chi connectivity index (χ0n) is 40.4. The van der Waals surface area contributed by atoms with E-state index in [9.17, 15) is 59.9 Å². The molecule has 2 aliphatic rings. The Balaban J connectivity index is 2.08. The molecule has 1 unspecified atom stereocenters. The number of carbonyl (C=O) groups is 2. The van der Waals surface area contributed by atoms with Crippen molar-refractivity contribution in [1.82, 2.24) is 0 Å². The standard InChI is InChI=1S/C51H85O16P/c1-3-5-7-8-9-10-11-12-13-14-15-16-17-18-19-20-21-22-27-31-44(55)64-36-39-37-65-68(62,63)67-51-49(60)47(58)41(34-33-38(52)29-25-6-4-2)43(54)35-42(53)40(46(57)48(59)50(51)61)30-26-23-24-28-32-45(56)66-39/h5,7,9-10,12-13,15-16,18-19,33-34,38-43,46-54,57-61H,3-4,6,8,11,14,17,20-32,35-37H2,1-2H3,(H,62,63)/b7-5-,10-9-,13-12-,16-15-,19-18-,34-33+/t38-,39+,40-,41-,42-,43+,46+,47+,48-,49+,50+,51+/m0/s1. The van der Waals surface area contributed by atoms with Crippen LogP contribution in [-0.4, -0.2) is 132 Å². The first kappa shape index (κ1) is 61.3. The molecule has 17 heteroatoms. The molecule has 1 saturated carbocycles. The normalized spacial score (nSPS) is 31.8. The van der Waals surface area contributed by atoms with Gasteiger partial charge in [0.05, 0.1) is 37.1 Å². The highest BCUT2D eigenvalue weighted by molar-refractivity contribution is 7.47. The minimum atomic E-state index is -5.44. The molecule has 0 aromatic heterocycles. The monoisotopic (exact) mass is 985 g/mol. The molecule has 0 spiro atoms. The average Bonchev–Trinajstić information content (AvgIpc) is 3.31. The number of phosphoric ester groups is 1. The van der Waals surface area contributed by atoms with Crippen LogP contribution >= 0.6 is 7.82 Å². The van der Waals surface area contributed by atoms with Crippen LogP contribution in [0.15, 0.2) is 72.9 Å². The number of esters is 2. The lowest BCUT2D eigenvalue weighted by Crippen LogP contribution is -2.55. The van der Waals surface area contributed by atoms with Gasteiger partial charge in [0.25, 0.3) is 0 Å². The van der Waals surface area contributed by atoms with Gasteiger partial charge in [0.15, 0.2) is 6.10 Å². The molecule has 0 amide bonds. The van der Waals surface area contributed by atoms with Crippen LogP contribution in [0.1, 0.15) is 149 Å². The molecular weight excluding hydrogens is 900 g/mol. The topological polar surface area (TPSA) is 270 Å². The van der Waals surface area contributed by atoms with E-state index in [1.807, 2.05) is 6.92 Å². The lowest BCUT2D eigenvalue weighted by molar-refractivity contribution is -0.167. The zero-order valence-corrected chi connectivity index (χ0v) is 41.3. The third-order valence-electron chi connectivity index (χ3n) is 12.1. The maximum atomic E-state index is 13.5. The molecule has 2 bridgehead atoms. The van der Waals surface area contributed by atoms with Crippen molar-refractivity contribution in [3.05, 3.63) is 72.9 Å². The summed E-state index contributed by atoms with van der Waals surface area (Å²) in [4.78, 5) is 36.5. The molecule has 1 aliphatic carbocycles. The number of rotatable bonds is 23. The predicted octanol–water partition coefficient (Wildman–Crippen LogP) is 6.66. The lowest BCUT2D eigenvalue weighted by Gasteiger charge is -2.37. The predicted molar refractivity (Wildman–Crippen MR) is 260 cm³/mol. The van der Waals surface area contributed by atoms with Gasteiger partial charge in [-0.05, 0) is 70.6 Å². The van der Waals surface area contributed by atoms with Crippen molar-refractivity contribution >= 4 is 19.8 Å². The second-order valence-electron chi connectivity index (χ2n) is 17.9. The minimum absolute atomic E-state index is 0.0598. The Morgan fingerprint density at radius 1 is 0.735 bits per heavy atom. The maximum absolute atomic E-state index is 13.5.